The zero-order valence-corrected chi connectivity index (χ0v) is 45.9. The molecule has 0 aliphatic carbocycles. The predicted molar refractivity (Wildman–Crippen MR) is 316 cm³/mol. The maximum absolute atomic E-state index is 7.29. The van der Waals surface area contributed by atoms with Gasteiger partial charge in [0.1, 0.15) is 5.58 Å². The summed E-state index contributed by atoms with van der Waals surface area (Å²) in [5.41, 5.74) is 22.3. The molecule has 4 nitrogen and oxygen atoms in total. The third kappa shape index (κ3) is 8.24. The highest BCUT2D eigenvalue weighted by molar-refractivity contribution is 7.00. The van der Waals surface area contributed by atoms with E-state index in [9.17, 15) is 0 Å². The molecular formula is C68H72BN3O. The molecule has 3 heterocycles. The molecule has 8 aromatic carbocycles. The fraction of sp³-hybridized carbons (Fsp3) is 0.294. The van der Waals surface area contributed by atoms with Crippen LogP contribution in [0.4, 0.5) is 51.2 Å². The average Bonchev–Trinajstić information content (AvgIpc) is 3.73. The lowest BCUT2D eigenvalue weighted by Crippen LogP contribution is -2.61. The largest absolute Gasteiger partial charge is 0.454 e. The van der Waals surface area contributed by atoms with Crippen LogP contribution in [0.1, 0.15) is 132 Å². The second kappa shape index (κ2) is 16.8. The summed E-state index contributed by atoms with van der Waals surface area (Å²) in [5, 5.41) is 2.16. The maximum Gasteiger partial charge on any atom is 0.252 e. The Kier molecular flexibility index (Phi) is 11.1. The fourth-order valence-corrected chi connectivity index (χ4v) is 11.3. The molecule has 2 aliphatic heterocycles. The summed E-state index contributed by atoms with van der Waals surface area (Å²) in [5.74, 6) is 0. The zero-order chi connectivity index (χ0) is 51.7. The van der Waals surface area contributed by atoms with Crippen LogP contribution in [0.3, 0.4) is 0 Å². The number of furan rings is 1. The normalized spacial score (nSPS) is 13.9. The number of nitrogens with zero attached hydrogens (tertiary/aromatic N) is 3. The minimum atomic E-state index is -0.0709. The van der Waals surface area contributed by atoms with Gasteiger partial charge in [0.2, 0.25) is 0 Å². The number of para-hydroxylation sites is 1. The van der Waals surface area contributed by atoms with Crippen LogP contribution in [0, 0.1) is 0 Å². The summed E-state index contributed by atoms with van der Waals surface area (Å²) in [6, 6.07) is 62.3. The average molecular weight is 958 g/mol. The van der Waals surface area contributed by atoms with Gasteiger partial charge in [-0.3, -0.25) is 0 Å². The second-order valence-corrected chi connectivity index (χ2v) is 26.0. The van der Waals surface area contributed by atoms with Gasteiger partial charge >= 0.3 is 0 Å². The van der Waals surface area contributed by atoms with Crippen molar-refractivity contribution in [3.8, 4) is 0 Å². The Morgan fingerprint density at radius 3 is 1.30 bits per heavy atom. The van der Waals surface area contributed by atoms with E-state index >= 15 is 0 Å². The summed E-state index contributed by atoms with van der Waals surface area (Å²) in [6.07, 6.45) is 0. The molecule has 1 aromatic heterocycles. The van der Waals surface area contributed by atoms with Gasteiger partial charge in [-0.15, -0.1) is 0 Å². The molecule has 0 bridgehead atoms. The van der Waals surface area contributed by atoms with Crippen LogP contribution in [-0.4, -0.2) is 6.71 Å². The van der Waals surface area contributed by atoms with Crippen molar-refractivity contribution in [1.82, 2.24) is 0 Å². The van der Waals surface area contributed by atoms with E-state index < -0.39 is 0 Å². The van der Waals surface area contributed by atoms with Crippen molar-refractivity contribution in [2.75, 3.05) is 14.7 Å². The molecule has 5 heteroatoms. The van der Waals surface area contributed by atoms with Gasteiger partial charge in [0.15, 0.2) is 5.58 Å². The van der Waals surface area contributed by atoms with Crippen molar-refractivity contribution in [2.24, 2.45) is 0 Å². The van der Waals surface area contributed by atoms with Crippen molar-refractivity contribution >= 4 is 96.2 Å². The van der Waals surface area contributed by atoms with Gasteiger partial charge in [0, 0.05) is 45.2 Å². The molecule has 368 valence electrons. The van der Waals surface area contributed by atoms with Crippen molar-refractivity contribution in [2.45, 2.75) is 131 Å². The van der Waals surface area contributed by atoms with Gasteiger partial charge in [-0.2, -0.15) is 0 Å². The molecule has 0 saturated heterocycles. The molecule has 0 unspecified atom stereocenters. The summed E-state index contributed by atoms with van der Waals surface area (Å²) in [4.78, 5) is 7.47. The minimum Gasteiger partial charge on any atom is -0.454 e. The Morgan fingerprint density at radius 1 is 0.384 bits per heavy atom. The first-order valence-corrected chi connectivity index (χ1v) is 26.5. The molecule has 2 aliphatic rings. The number of benzene rings is 8. The number of rotatable bonds is 5. The van der Waals surface area contributed by atoms with Crippen LogP contribution in [0.15, 0.2) is 168 Å². The van der Waals surface area contributed by atoms with Gasteiger partial charge in [-0.1, -0.05) is 189 Å². The molecule has 0 atom stereocenters. The highest BCUT2D eigenvalue weighted by Gasteiger charge is 2.45. The summed E-state index contributed by atoms with van der Waals surface area (Å²) in [6.45, 7) is 34.5. The zero-order valence-electron chi connectivity index (χ0n) is 45.9. The van der Waals surface area contributed by atoms with E-state index in [1.54, 1.807) is 0 Å². The van der Waals surface area contributed by atoms with Gasteiger partial charge < -0.3 is 19.1 Å². The van der Waals surface area contributed by atoms with Crippen LogP contribution in [0.2, 0.25) is 0 Å². The molecular weight excluding hydrogens is 886 g/mol. The van der Waals surface area contributed by atoms with Crippen molar-refractivity contribution in [1.29, 1.82) is 0 Å². The lowest BCUT2D eigenvalue weighted by molar-refractivity contribution is 0.590. The first kappa shape index (κ1) is 48.3. The maximum atomic E-state index is 7.29. The number of hydrogen-bond acceptors (Lipinski definition) is 4. The van der Waals surface area contributed by atoms with Crippen LogP contribution >= 0.6 is 0 Å². The molecule has 9 aromatic rings. The second-order valence-electron chi connectivity index (χ2n) is 26.0. The SMILES string of the molecule is CC(C)(C)c1ccc(N2c3ccc(C(C)(C)C)cc3B3c4cc(C(C)(C)C)ccc4N(c4ccc(N(c5ccc(C(C)(C)C)cc5)c5ccc(C(C)(C)C)cc5)c5c4oc4ccccc45)c4cccc2c43)cc1. The monoisotopic (exact) mass is 958 g/mol. The summed E-state index contributed by atoms with van der Waals surface area (Å²) >= 11 is 0. The van der Waals surface area contributed by atoms with Crippen LogP contribution in [0.25, 0.3) is 21.9 Å². The van der Waals surface area contributed by atoms with Crippen LogP contribution in [0.5, 0.6) is 0 Å². The van der Waals surface area contributed by atoms with E-state index in [1.807, 2.05) is 0 Å². The van der Waals surface area contributed by atoms with Crippen molar-refractivity contribution in [3.05, 3.63) is 192 Å². The van der Waals surface area contributed by atoms with Crippen LogP contribution in [-0.2, 0) is 27.1 Å². The lowest BCUT2D eigenvalue weighted by atomic mass is 9.33. The molecule has 0 saturated carbocycles. The Balaban J connectivity index is 1.20. The highest BCUT2D eigenvalue weighted by Crippen LogP contribution is 2.51. The minimum absolute atomic E-state index is 0.0183. The van der Waals surface area contributed by atoms with Gasteiger partial charge in [-0.05, 0) is 150 Å². The summed E-state index contributed by atoms with van der Waals surface area (Å²) in [7, 11) is 0. The molecule has 11 rings (SSSR count). The van der Waals surface area contributed by atoms with Crippen molar-refractivity contribution in [3.63, 3.8) is 0 Å². The Labute approximate surface area is 435 Å². The third-order valence-electron chi connectivity index (χ3n) is 15.7. The topological polar surface area (TPSA) is 22.9 Å². The standard InChI is InChI=1S/C68H72BN3O/c1-64(2,3)43-23-31-48(32-24-43)70(49-33-25-44(26-34-49)65(4,5)6)56-39-40-59(63-61(56)51-19-16-17-22-60(51)73-63)72-55-38-30-47(68(13,14)15)42-53(55)69-52-41-46(67(10,11)12)29-37-54(52)71(57-20-18-21-58(72)62(57)69)50-35-27-45(28-36-50)66(7,8)9/h16-42H,1-15H3. The Hall–Kier alpha value is -6.98. The molecule has 0 amide bonds. The Morgan fingerprint density at radius 2 is 0.808 bits per heavy atom. The van der Waals surface area contributed by atoms with Crippen LogP contribution < -0.4 is 31.1 Å². The van der Waals surface area contributed by atoms with E-state index in [-0.39, 0.29) is 33.8 Å². The summed E-state index contributed by atoms with van der Waals surface area (Å²) < 4.78 is 7.29. The first-order valence-electron chi connectivity index (χ1n) is 26.5. The number of anilines is 9. The van der Waals surface area contributed by atoms with Gasteiger partial charge in [-0.25, -0.2) is 0 Å². The smallest absolute Gasteiger partial charge is 0.252 e. The van der Waals surface area contributed by atoms with E-state index in [0.717, 1.165) is 56.1 Å². The van der Waals surface area contributed by atoms with E-state index in [4.69, 9.17) is 4.42 Å². The van der Waals surface area contributed by atoms with Crippen molar-refractivity contribution < 1.29 is 4.42 Å². The first-order chi connectivity index (χ1) is 34.4. The fourth-order valence-electron chi connectivity index (χ4n) is 11.3. The number of hydrogen-bond donors (Lipinski definition) is 0. The quantitative estimate of drug-likeness (QED) is 0.160. The number of fused-ring (bicyclic) bond motifs is 7. The lowest BCUT2D eigenvalue weighted by Gasteiger charge is -2.44. The van der Waals surface area contributed by atoms with Gasteiger partial charge in [0.25, 0.3) is 6.71 Å². The molecule has 73 heavy (non-hydrogen) atoms. The highest BCUT2D eigenvalue weighted by atomic mass is 16.3. The molecule has 0 radical (unpaired) electrons. The molecule has 0 spiro atoms. The predicted octanol–water partition coefficient (Wildman–Crippen LogP) is 17.6. The Bertz CT molecular complexity index is 3530. The van der Waals surface area contributed by atoms with E-state index in [0.29, 0.717) is 0 Å². The third-order valence-corrected chi connectivity index (χ3v) is 15.7. The molecule has 0 N–H and O–H groups in total. The van der Waals surface area contributed by atoms with E-state index in [2.05, 4.69) is 282 Å². The van der Waals surface area contributed by atoms with E-state index in [1.165, 1.54) is 61.3 Å². The molecule has 0 fully saturated rings. The van der Waals surface area contributed by atoms with Gasteiger partial charge in [0.05, 0.1) is 16.8 Å².